The number of amides is 1. The maximum Gasteiger partial charge on any atom is 0.274 e. The zero-order chi connectivity index (χ0) is 14.9. The fourth-order valence-corrected chi connectivity index (χ4v) is 3.82. The summed E-state index contributed by atoms with van der Waals surface area (Å²) in [5.74, 6) is -1.07. The summed E-state index contributed by atoms with van der Waals surface area (Å²) in [6, 6.07) is 4.37. The number of carbonyl (C=O) groups excluding carboxylic acids is 1. The molecule has 0 radical (unpaired) electrons. The number of nitrogens with zero attached hydrogens (tertiary/aromatic N) is 1. The first-order valence-electron chi connectivity index (χ1n) is 7.57. The predicted octanol–water partition coefficient (Wildman–Crippen LogP) is 2.71. The van der Waals surface area contributed by atoms with Crippen molar-refractivity contribution in [3.63, 3.8) is 0 Å². The van der Waals surface area contributed by atoms with Gasteiger partial charge in [-0.2, -0.15) is 0 Å². The van der Waals surface area contributed by atoms with Crippen molar-refractivity contribution >= 4 is 5.91 Å². The van der Waals surface area contributed by atoms with Gasteiger partial charge in [0.05, 0.1) is 0 Å². The largest absolute Gasteiger partial charge is 0.298 e. The average molecular weight is 292 g/mol. The van der Waals surface area contributed by atoms with E-state index in [9.17, 15) is 9.18 Å². The van der Waals surface area contributed by atoms with Gasteiger partial charge in [0.2, 0.25) is 0 Å². The monoisotopic (exact) mass is 292 g/mol. The van der Waals surface area contributed by atoms with Crippen molar-refractivity contribution in [2.45, 2.75) is 38.6 Å². The number of benzene rings is 1. The van der Waals surface area contributed by atoms with Gasteiger partial charge >= 0.3 is 0 Å². The molecule has 0 bridgehead atoms. The molecule has 1 aromatic carbocycles. The van der Waals surface area contributed by atoms with Crippen molar-refractivity contribution in [3.05, 3.63) is 35.1 Å². The SMILES string of the molecule is O=C(NO)c1ccc(CN2CCC3(CCCC3)C2)c(F)c1. The van der Waals surface area contributed by atoms with Crippen LogP contribution in [-0.4, -0.2) is 29.1 Å². The number of nitrogens with one attached hydrogen (secondary N) is 1. The first-order valence-corrected chi connectivity index (χ1v) is 7.57. The lowest BCUT2D eigenvalue weighted by atomic mass is 9.86. The van der Waals surface area contributed by atoms with Crippen LogP contribution >= 0.6 is 0 Å². The van der Waals surface area contributed by atoms with Crippen LogP contribution in [0.3, 0.4) is 0 Å². The van der Waals surface area contributed by atoms with E-state index in [0.29, 0.717) is 17.5 Å². The summed E-state index contributed by atoms with van der Waals surface area (Å²) in [5.41, 5.74) is 2.74. The van der Waals surface area contributed by atoms with Gasteiger partial charge in [-0.15, -0.1) is 0 Å². The summed E-state index contributed by atoms with van der Waals surface area (Å²) >= 11 is 0. The average Bonchev–Trinajstić information content (AvgIpc) is 3.11. The number of rotatable bonds is 3. The smallest absolute Gasteiger partial charge is 0.274 e. The molecule has 2 fully saturated rings. The maximum absolute atomic E-state index is 14.1. The Morgan fingerprint density at radius 1 is 1.33 bits per heavy atom. The van der Waals surface area contributed by atoms with E-state index < -0.39 is 5.91 Å². The Bertz CT molecular complexity index is 541. The van der Waals surface area contributed by atoms with Gasteiger partial charge in [0.15, 0.2) is 0 Å². The van der Waals surface area contributed by atoms with Gasteiger partial charge < -0.3 is 0 Å². The third kappa shape index (κ3) is 2.94. The standard InChI is InChI=1S/C16H21FN2O2/c17-14-9-12(15(20)18-21)3-4-13(14)10-19-8-7-16(11-19)5-1-2-6-16/h3-4,9,21H,1-2,5-8,10-11H2,(H,18,20). The molecular formula is C16H21FN2O2. The van der Waals surface area contributed by atoms with E-state index in [0.717, 1.165) is 13.1 Å². The van der Waals surface area contributed by atoms with Crippen molar-refractivity contribution in [1.29, 1.82) is 0 Å². The Labute approximate surface area is 123 Å². The number of carbonyl (C=O) groups is 1. The number of halogens is 1. The van der Waals surface area contributed by atoms with Crippen LogP contribution in [-0.2, 0) is 6.54 Å². The minimum absolute atomic E-state index is 0.132. The van der Waals surface area contributed by atoms with Gasteiger partial charge in [0, 0.05) is 24.2 Å². The second kappa shape index (κ2) is 5.73. The first-order chi connectivity index (χ1) is 10.1. The molecule has 0 unspecified atom stereocenters. The lowest BCUT2D eigenvalue weighted by molar-refractivity contribution is 0.0706. The maximum atomic E-state index is 14.1. The molecule has 5 heteroatoms. The normalized spacial score (nSPS) is 21.0. The van der Waals surface area contributed by atoms with Crippen LogP contribution in [0, 0.1) is 11.2 Å². The second-order valence-corrected chi connectivity index (χ2v) is 6.41. The summed E-state index contributed by atoms with van der Waals surface area (Å²) in [6.45, 7) is 2.68. The van der Waals surface area contributed by atoms with Crippen molar-refractivity contribution in [1.82, 2.24) is 10.4 Å². The topological polar surface area (TPSA) is 52.6 Å². The van der Waals surface area contributed by atoms with Crippen LogP contribution in [0.15, 0.2) is 18.2 Å². The third-order valence-corrected chi connectivity index (χ3v) is 4.99. The van der Waals surface area contributed by atoms with Crippen LogP contribution in [0.5, 0.6) is 0 Å². The van der Waals surface area contributed by atoms with Crippen molar-refractivity contribution < 1.29 is 14.4 Å². The van der Waals surface area contributed by atoms with E-state index in [1.807, 2.05) is 0 Å². The number of hydrogen-bond donors (Lipinski definition) is 2. The molecule has 1 heterocycles. The summed E-state index contributed by atoms with van der Waals surface area (Å²) in [4.78, 5) is 13.6. The highest BCUT2D eigenvalue weighted by Gasteiger charge is 2.40. The minimum atomic E-state index is -0.688. The van der Waals surface area contributed by atoms with Crippen LogP contribution in [0.4, 0.5) is 4.39 Å². The van der Waals surface area contributed by atoms with Gasteiger partial charge in [-0.1, -0.05) is 18.9 Å². The van der Waals surface area contributed by atoms with Gasteiger partial charge in [-0.3, -0.25) is 14.9 Å². The third-order valence-electron chi connectivity index (χ3n) is 4.99. The highest BCUT2D eigenvalue weighted by atomic mass is 19.1. The Balaban J connectivity index is 1.67. The van der Waals surface area contributed by atoms with Gasteiger partial charge in [0.1, 0.15) is 5.82 Å². The Kier molecular flexibility index (Phi) is 3.95. The van der Waals surface area contributed by atoms with E-state index in [4.69, 9.17) is 5.21 Å². The number of hydrogen-bond acceptors (Lipinski definition) is 3. The van der Waals surface area contributed by atoms with E-state index in [1.54, 1.807) is 12.1 Å². The van der Waals surface area contributed by atoms with Gasteiger partial charge in [-0.05, 0) is 43.4 Å². The van der Waals surface area contributed by atoms with Gasteiger partial charge in [0.25, 0.3) is 5.91 Å². The fraction of sp³-hybridized carbons (Fsp3) is 0.562. The molecular weight excluding hydrogens is 271 g/mol. The lowest BCUT2D eigenvalue weighted by Gasteiger charge is -2.23. The summed E-state index contributed by atoms with van der Waals surface area (Å²) in [7, 11) is 0. The molecule has 1 aliphatic carbocycles. The van der Waals surface area contributed by atoms with Gasteiger partial charge in [-0.25, -0.2) is 9.87 Å². The molecule has 1 aromatic rings. The Hall–Kier alpha value is -1.46. The molecule has 2 N–H and O–H groups in total. The van der Waals surface area contributed by atoms with Crippen LogP contribution < -0.4 is 5.48 Å². The van der Waals surface area contributed by atoms with Crippen LogP contribution in [0.25, 0.3) is 0 Å². The Morgan fingerprint density at radius 3 is 2.76 bits per heavy atom. The molecule has 1 amide bonds. The zero-order valence-electron chi connectivity index (χ0n) is 12.1. The lowest BCUT2D eigenvalue weighted by Crippen LogP contribution is -2.25. The van der Waals surface area contributed by atoms with Crippen molar-refractivity contribution in [2.75, 3.05) is 13.1 Å². The second-order valence-electron chi connectivity index (χ2n) is 6.41. The van der Waals surface area contributed by atoms with Crippen LogP contribution in [0.1, 0.15) is 48.0 Å². The molecule has 1 spiro atoms. The molecule has 1 aliphatic heterocycles. The summed E-state index contributed by atoms with van der Waals surface area (Å²) < 4.78 is 14.1. The molecule has 0 aromatic heterocycles. The molecule has 4 nitrogen and oxygen atoms in total. The molecule has 0 atom stereocenters. The molecule has 1 saturated carbocycles. The highest BCUT2D eigenvalue weighted by molar-refractivity contribution is 5.93. The molecule has 21 heavy (non-hydrogen) atoms. The summed E-state index contributed by atoms with van der Waals surface area (Å²) in [6.07, 6.45) is 6.49. The fourth-order valence-electron chi connectivity index (χ4n) is 3.82. The molecule has 3 rings (SSSR count). The van der Waals surface area contributed by atoms with E-state index in [2.05, 4.69) is 4.90 Å². The zero-order valence-corrected chi connectivity index (χ0v) is 12.1. The molecule has 2 aliphatic rings. The van der Waals surface area contributed by atoms with Crippen molar-refractivity contribution in [2.24, 2.45) is 5.41 Å². The Morgan fingerprint density at radius 2 is 2.10 bits per heavy atom. The van der Waals surface area contributed by atoms with E-state index in [1.165, 1.54) is 43.7 Å². The van der Waals surface area contributed by atoms with Crippen molar-refractivity contribution in [3.8, 4) is 0 Å². The molecule has 1 saturated heterocycles. The predicted molar refractivity (Wildman–Crippen MR) is 76.4 cm³/mol. The van der Waals surface area contributed by atoms with Crippen LogP contribution in [0.2, 0.25) is 0 Å². The summed E-state index contributed by atoms with van der Waals surface area (Å²) in [5, 5.41) is 8.57. The highest BCUT2D eigenvalue weighted by Crippen LogP contribution is 2.45. The minimum Gasteiger partial charge on any atom is -0.298 e. The quantitative estimate of drug-likeness (QED) is 0.665. The number of hydroxylamine groups is 1. The van der Waals surface area contributed by atoms with E-state index in [-0.39, 0.29) is 11.4 Å². The number of likely N-dealkylation sites (tertiary alicyclic amines) is 1. The van der Waals surface area contributed by atoms with E-state index >= 15 is 0 Å². The molecule has 114 valence electrons. The first kappa shape index (κ1) is 14.5.